The first-order chi connectivity index (χ1) is 12.5. The Morgan fingerprint density at radius 2 is 2.00 bits per heavy atom. The average Bonchev–Trinajstić information content (AvgIpc) is 3.11. The van der Waals surface area contributed by atoms with E-state index in [1.54, 1.807) is 13.0 Å². The zero-order valence-electron chi connectivity index (χ0n) is 15.1. The number of carbonyl (C=O) groups is 1. The second-order valence-corrected chi connectivity index (χ2v) is 7.01. The van der Waals surface area contributed by atoms with E-state index >= 15 is 0 Å². The molecule has 1 aromatic heterocycles. The van der Waals surface area contributed by atoms with Crippen molar-refractivity contribution in [1.29, 1.82) is 0 Å². The van der Waals surface area contributed by atoms with Gasteiger partial charge in [-0.2, -0.15) is 0 Å². The molecule has 1 N–H and O–H groups in total. The summed E-state index contributed by atoms with van der Waals surface area (Å²) in [5, 5.41) is 0.167. The minimum atomic E-state index is -0.310. The highest BCUT2D eigenvalue weighted by atomic mass is 35.5. The molecule has 136 valence electrons. The summed E-state index contributed by atoms with van der Waals surface area (Å²) < 4.78 is 0. The quantitative estimate of drug-likeness (QED) is 0.883. The minimum absolute atomic E-state index is 0.0348. The van der Waals surface area contributed by atoms with Crippen molar-refractivity contribution in [2.45, 2.75) is 39.2 Å². The van der Waals surface area contributed by atoms with E-state index in [-0.39, 0.29) is 22.5 Å². The van der Waals surface area contributed by atoms with Gasteiger partial charge in [0.05, 0.1) is 6.04 Å². The van der Waals surface area contributed by atoms with Crippen LogP contribution in [-0.2, 0) is 11.2 Å². The van der Waals surface area contributed by atoms with Gasteiger partial charge in [0.1, 0.15) is 5.02 Å². The molecule has 0 aliphatic carbocycles. The summed E-state index contributed by atoms with van der Waals surface area (Å²) in [6, 6.07) is 11.8. The van der Waals surface area contributed by atoms with Gasteiger partial charge in [-0.15, -0.1) is 0 Å². The monoisotopic (exact) mass is 370 g/mol. The second kappa shape index (κ2) is 7.92. The first kappa shape index (κ1) is 18.5. The van der Waals surface area contributed by atoms with Gasteiger partial charge in [0.25, 0.3) is 5.56 Å². The smallest absolute Gasteiger partial charge is 0.267 e. The molecular formula is C21H23ClN2O2. The lowest BCUT2D eigenvalue weighted by molar-refractivity contribution is -0.128. The van der Waals surface area contributed by atoms with Gasteiger partial charge in [0.15, 0.2) is 0 Å². The lowest BCUT2D eigenvalue weighted by Gasteiger charge is -2.22. The van der Waals surface area contributed by atoms with Crippen LogP contribution in [-0.4, -0.2) is 28.4 Å². The molecule has 1 aliphatic heterocycles. The summed E-state index contributed by atoms with van der Waals surface area (Å²) in [5.74, 6) is 0.0778. The van der Waals surface area contributed by atoms with Crippen molar-refractivity contribution in [3.63, 3.8) is 0 Å². The number of likely N-dealkylation sites (tertiary alicyclic amines) is 1. The topological polar surface area (TPSA) is 53.2 Å². The normalized spacial score (nSPS) is 17.6. The van der Waals surface area contributed by atoms with Gasteiger partial charge in [-0.05, 0) is 42.5 Å². The lowest BCUT2D eigenvalue weighted by Crippen LogP contribution is -2.32. The third-order valence-electron chi connectivity index (χ3n) is 4.89. The van der Waals surface area contributed by atoms with E-state index in [1.807, 2.05) is 11.0 Å². The molecule has 1 amide bonds. The Morgan fingerprint density at radius 3 is 2.62 bits per heavy atom. The number of pyridine rings is 1. The maximum atomic E-state index is 12.0. The van der Waals surface area contributed by atoms with E-state index in [0.717, 1.165) is 36.9 Å². The van der Waals surface area contributed by atoms with Gasteiger partial charge >= 0.3 is 0 Å². The number of aromatic nitrogens is 1. The van der Waals surface area contributed by atoms with Crippen LogP contribution in [0.5, 0.6) is 0 Å². The zero-order valence-corrected chi connectivity index (χ0v) is 15.8. The number of carbonyl (C=O) groups excluding carboxylic acids is 1. The number of amides is 1. The Labute approximate surface area is 158 Å². The summed E-state index contributed by atoms with van der Waals surface area (Å²) in [7, 11) is 0. The van der Waals surface area contributed by atoms with E-state index in [9.17, 15) is 9.59 Å². The van der Waals surface area contributed by atoms with Crippen LogP contribution in [0.3, 0.4) is 0 Å². The Morgan fingerprint density at radius 1 is 1.27 bits per heavy atom. The van der Waals surface area contributed by atoms with E-state index in [2.05, 4.69) is 42.2 Å². The minimum Gasteiger partial charge on any atom is -0.336 e. The molecule has 3 rings (SSSR count). The van der Waals surface area contributed by atoms with Crippen LogP contribution in [0.2, 0.25) is 5.02 Å². The van der Waals surface area contributed by atoms with Crippen molar-refractivity contribution in [2.24, 2.45) is 0 Å². The fourth-order valence-electron chi connectivity index (χ4n) is 3.42. The third kappa shape index (κ3) is 3.91. The Bertz CT molecular complexity index is 884. The summed E-state index contributed by atoms with van der Waals surface area (Å²) in [4.78, 5) is 28.7. The summed E-state index contributed by atoms with van der Waals surface area (Å²) in [5.41, 5.74) is 3.58. The molecular weight excluding hydrogens is 348 g/mol. The Hall–Kier alpha value is -2.33. The van der Waals surface area contributed by atoms with Crippen molar-refractivity contribution in [1.82, 2.24) is 9.88 Å². The van der Waals surface area contributed by atoms with E-state index in [4.69, 9.17) is 11.6 Å². The fraction of sp³-hybridized carbons (Fsp3) is 0.333. The van der Waals surface area contributed by atoms with Crippen LogP contribution in [0, 0.1) is 0 Å². The first-order valence-electron chi connectivity index (χ1n) is 8.97. The molecule has 2 aromatic rings. The number of hydrogen-bond donors (Lipinski definition) is 1. The van der Waals surface area contributed by atoms with Crippen molar-refractivity contribution < 1.29 is 4.79 Å². The highest BCUT2D eigenvalue weighted by Gasteiger charge is 2.25. The van der Waals surface area contributed by atoms with Crippen LogP contribution >= 0.6 is 11.6 Å². The van der Waals surface area contributed by atoms with E-state index in [0.29, 0.717) is 5.69 Å². The van der Waals surface area contributed by atoms with Gasteiger partial charge in [-0.25, -0.2) is 0 Å². The molecule has 26 heavy (non-hydrogen) atoms. The number of benzene rings is 1. The number of aryl methyl sites for hydroxylation is 1. The molecule has 0 bridgehead atoms. The molecule has 0 saturated carbocycles. The molecule has 1 fully saturated rings. The molecule has 0 unspecified atom stereocenters. The number of hydrogen-bond acceptors (Lipinski definition) is 2. The number of rotatable bonds is 4. The highest BCUT2D eigenvalue weighted by molar-refractivity contribution is 6.30. The van der Waals surface area contributed by atoms with Crippen molar-refractivity contribution >= 4 is 23.1 Å². The number of halogens is 1. The summed E-state index contributed by atoms with van der Waals surface area (Å²) in [6.07, 6.45) is 4.97. The largest absolute Gasteiger partial charge is 0.336 e. The highest BCUT2D eigenvalue weighted by Crippen LogP contribution is 2.27. The molecule has 1 aromatic carbocycles. The van der Waals surface area contributed by atoms with Gasteiger partial charge in [0, 0.05) is 24.7 Å². The first-order valence-corrected chi connectivity index (χ1v) is 9.35. The van der Waals surface area contributed by atoms with E-state index in [1.165, 1.54) is 5.56 Å². The molecule has 4 nitrogen and oxygen atoms in total. The maximum absolute atomic E-state index is 12.0. The number of nitrogens with zero attached hydrogens (tertiary/aromatic N) is 1. The number of H-pyrrole nitrogens is 1. The molecule has 0 spiro atoms. The SMILES string of the molecule is CCc1ccc(/C(=C/[C@H]2CCCN2C(C)=O)c2ccc(Cl)c(=O)[nH]2)cc1. The lowest BCUT2D eigenvalue weighted by atomic mass is 9.97. The predicted octanol–water partition coefficient (Wildman–Crippen LogP) is 4.03. The molecule has 0 radical (unpaired) electrons. The van der Waals surface area contributed by atoms with Crippen LogP contribution in [0.4, 0.5) is 0 Å². The van der Waals surface area contributed by atoms with Crippen LogP contribution < -0.4 is 5.56 Å². The zero-order chi connectivity index (χ0) is 18.7. The number of nitrogens with one attached hydrogen (secondary N) is 1. The van der Waals surface area contributed by atoms with Gasteiger partial charge in [-0.1, -0.05) is 48.9 Å². The van der Waals surface area contributed by atoms with E-state index < -0.39 is 0 Å². The van der Waals surface area contributed by atoms with Gasteiger partial charge in [-0.3, -0.25) is 9.59 Å². The summed E-state index contributed by atoms with van der Waals surface area (Å²) in [6.45, 7) is 4.49. The van der Waals surface area contributed by atoms with Crippen LogP contribution in [0.15, 0.2) is 47.3 Å². The molecule has 1 saturated heterocycles. The van der Waals surface area contributed by atoms with Crippen molar-refractivity contribution in [2.75, 3.05) is 6.54 Å². The Kier molecular flexibility index (Phi) is 5.62. The molecule has 1 atom stereocenters. The third-order valence-corrected chi connectivity index (χ3v) is 5.19. The molecule has 1 aliphatic rings. The number of aromatic amines is 1. The summed E-state index contributed by atoms with van der Waals surface area (Å²) >= 11 is 5.89. The van der Waals surface area contributed by atoms with Gasteiger partial charge in [0.2, 0.25) is 5.91 Å². The van der Waals surface area contributed by atoms with Gasteiger partial charge < -0.3 is 9.88 Å². The Balaban J connectivity index is 2.08. The molecule has 2 heterocycles. The second-order valence-electron chi connectivity index (χ2n) is 6.60. The van der Waals surface area contributed by atoms with Crippen LogP contribution in [0.1, 0.15) is 43.5 Å². The maximum Gasteiger partial charge on any atom is 0.267 e. The predicted molar refractivity (Wildman–Crippen MR) is 105 cm³/mol. The standard InChI is InChI=1S/C21H23ClN2O2/c1-3-15-6-8-16(9-7-15)18(20-11-10-19(22)21(26)23-20)13-17-5-4-12-24(17)14(2)25/h6-11,13,17H,3-5,12H2,1-2H3,(H,23,26)/b18-13-/t17-/m1/s1. The van der Waals surface area contributed by atoms with Crippen molar-refractivity contribution in [3.8, 4) is 0 Å². The van der Waals surface area contributed by atoms with Crippen LogP contribution in [0.25, 0.3) is 5.57 Å². The average molecular weight is 371 g/mol. The van der Waals surface area contributed by atoms with Crippen molar-refractivity contribution in [3.05, 3.63) is 74.7 Å². The molecule has 5 heteroatoms. The fourth-order valence-corrected chi connectivity index (χ4v) is 3.53.